The minimum atomic E-state index is -0.558. The zero-order valence-electron chi connectivity index (χ0n) is 11.2. The van der Waals surface area contributed by atoms with Crippen LogP contribution in [0.4, 0.5) is 0 Å². The van der Waals surface area contributed by atoms with Crippen LogP contribution in [0.3, 0.4) is 0 Å². The maximum atomic E-state index is 11.5. The number of carbonyl (C=O) groups is 1. The molecule has 1 aromatic rings. The topological polar surface area (TPSA) is 46.5 Å². The number of ether oxygens (including phenoxy) is 1. The van der Waals surface area contributed by atoms with Gasteiger partial charge in [0.2, 0.25) is 0 Å². The van der Waals surface area contributed by atoms with Gasteiger partial charge in [0.05, 0.1) is 12.2 Å². The molecule has 0 spiro atoms. The van der Waals surface area contributed by atoms with Gasteiger partial charge in [-0.05, 0) is 43.7 Å². The molecular formula is C16H20O3. The number of aliphatic hydroxyl groups is 1. The fourth-order valence-corrected chi connectivity index (χ4v) is 2.38. The number of fused-ring (bicyclic) bond motifs is 1. The number of rotatable bonds is 0. The average molecular weight is 260 g/mol. The fraction of sp³-hybridized carbons (Fsp3) is 0.438. The van der Waals surface area contributed by atoms with Gasteiger partial charge in [0.1, 0.15) is 0 Å². The Morgan fingerprint density at radius 2 is 2.11 bits per heavy atom. The maximum absolute atomic E-state index is 11.5. The first kappa shape index (κ1) is 13.8. The van der Waals surface area contributed by atoms with E-state index in [1.807, 2.05) is 25.1 Å². The number of aliphatic hydroxyl groups excluding tert-OH is 1. The van der Waals surface area contributed by atoms with Gasteiger partial charge in [-0.2, -0.15) is 0 Å². The molecular weight excluding hydrogens is 240 g/mol. The molecule has 2 atom stereocenters. The second-order valence-corrected chi connectivity index (χ2v) is 4.99. The molecule has 0 unspecified atom stereocenters. The van der Waals surface area contributed by atoms with Crippen LogP contribution in [0.5, 0.6) is 0 Å². The predicted molar refractivity (Wildman–Crippen MR) is 73.7 cm³/mol. The average Bonchev–Trinajstić information content (AvgIpc) is 2.38. The van der Waals surface area contributed by atoms with E-state index in [4.69, 9.17) is 4.74 Å². The third-order valence-electron chi connectivity index (χ3n) is 3.40. The van der Waals surface area contributed by atoms with Gasteiger partial charge in [0.25, 0.3) is 0 Å². The molecule has 0 bridgehead atoms. The summed E-state index contributed by atoms with van der Waals surface area (Å²) in [6.07, 6.45) is 5.58. The first-order valence-corrected chi connectivity index (χ1v) is 6.80. The summed E-state index contributed by atoms with van der Waals surface area (Å²) in [5, 5.41) is 10.2. The number of cyclic esters (lactones) is 1. The van der Waals surface area contributed by atoms with Gasteiger partial charge in [-0.25, -0.2) is 4.79 Å². The molecule has 2 rings (SSSR count). The molecule has 0 aromatic heterocycles. The summed E-state index contributed by atoms with van der Waals surface area (Å²) in [5.74, 6) is -0.325. The molecule has 1 N–H and O–H groups in total. The SMILES string of the molecule is C[C@@H]1CCCc2ccccc2[C@@H](O)C/C=C/C(=O)O1. The Balaban J connectivity index is 2.21. The number of carbonyl (C=O) groups excluding carboxylic acids is 1. The van der Waals surface area contributed by atoms with Crippen LogP contribution in [0.1, 0.15) is 43.4 Å². The first-order valence-electron chi connectivity index (χ1n) is 6.80. The van der Waals surface area contributed by atoms with Crippen LogP contribution in [0, 0.1) is 0 Å². The molecule has 0 fully saturated rings. The van der Waals surface area contributed by atoms with Crippen molar-refractivity contribution in [3.63, 3.8) is 0 Å². The van der Waals surface area contributed by atoms with E-state index in [9.17, 15) is 9.90 Å². The van der Waals surface area contributed by atoms with Gasteiger partial charge in [-0.3, -0.25) is 0 Å². The van der Waals surface area contributed by atoms with Crippen molar-refractivity contribution in [2.45, 2.75) is 44.8 Å². The van der Waals surface area contributed by atoms with Crippen molar-refractivity contribution < 1.29 is 14.6 Å². The van der Waals surface area contributed by atoms with E-state index < -0.39 is 6.10 Å². The van der Waals surface area contributed by atoms with Gasteiger partial charge in [0, 0.05) is 6.08 Å². The Bertz CT molecular complexity index is 465. The smallest absolute Gasteiger partial charge is 0.330 e. The quantitative estimate of drug-likeness (QED) is 0.729. The lowest BCUT2D eigenvalue weighted by atomic mass is 9.95. The third-order valence-corrected chi connectivity index (χ3v) is 3.40. The van der Waals surface area contributed by atoms with Crippen LogP contribution in [0.15, 0.2) is 36.4 Å². The van der Waals surface area contributed by atoms with E-state index >= 15 is 0 Å². The standard InChI is InChI=1S/C16H20O3/c1-12-6-4-8-13-7-2-3-9-14(13)15(17)10-5-11-16(18)19-12/h2-3,5,7,9,11-12,15,17H,4,6,8,10H2,1H3/b11-5+/t12-,15+/m1/s1. The van der Waals surface area contributed by atoms with Crippen molar-refractivity contribution in [2.75, 3.05) is 0 Å². The van der Waals surface area contributed by atoms with E-state index in [0.29, 0.717) is 6.42 Å². The zero-order chi connectivity index (χ0) is 13.7. The Morgan fingerprint density at radius 3 is 2.95 bits per heavy atom. The molecule has 1 heterocycles. The summed E-state index contributed by atoms with van der Waals surface area (Å²) in [6.45, 7) is 1.91. The van der Waals surface area contributed by atoms with Crippen LogP contribution in [0.2, 0.25) is 0 Å². The lowest BCUT2D eigenvalue weighted by molar-refractivity contribution is -0.142. The van der Waals surface area contributed by atoms with E-state index in [0.717, 1.165) is 24.8 Å². The van der Waals surface area contributed by atoms with Crippen molar-refractivity contribution in [2.24, 2.45) is 0 Å². The highest BCUT2D eigenvalue weighted by Crippen LogP contribution is 2.23. The molecule has 102 valence electrons. The molecule has 0 aliphatic carbocycles. The van der Waals surface area contributed by atoms with Crippen molar-refractivity contribution in [1.82, 2.24) is 0 Å². The van der Waals surface area contributed by atoms with Gasteiger partial charge in [0.15, 0.2) is 0 Å². The second-order valence-electron chi connectivity index (χ2n) is 4.99. The Labute approximate surface area is 113 Å². The minimum absolute atomic E-state index is 0.0614. The maximum Gasteiger partial charge on any atom is 0.330 e. The van der Waals surface area contributed by atoms with Gasteiger partial charge >= 0.3 is 5.97 Å². The predicted octanol–water partition coefficient (Wildman–Crippen LogP) is 2.93. The molecule has 1 aliphatic rings. The number of hydrogen-bond acceptors (Lipinski definition) is 3. The lowest BCUT2D eigenvalue weighted by Gasteiger charge is -2.17. The molecule has 0 saturated heterocycles. The molecule has 1 aromatic carbocycles. The zero-order valence-corrected chi connectivity index (χ0v) is 11.2. The summed E-state index contributed by atoms with van der Waals surface area (Å²) in [4.78, 5) is 11.5. The molecule has 3 heteroatoms. The molecule has 3 nitrogen and oxygen atoms in total. The fourth-order valence-electron chi connectivity index (χ4n) is 2.38. The van der Waals surface area contributed by atoms with E-state index in [1.165, 1.54) is 11.6 Å². The number of hydrogen-bond donors (Lipinski definition) is 1. The van der Waals surface area contributed by atoms with Gasteiger partial charge < -0.3 is 9.84 Å². The number of esters is 1. The summed E-state index contributed by atoms with van der Waals surface area (Å²) < 4.78 is 5.24. The van der Waals surface area contributed by atoms with E-state index in [-0.39, 0.29) is 12.1 Å². The van der Waals surface area contributed by atoms with Crippen molar-refractivity contribution in [3.8, 4) is 0 Å². The molecule has 0 saturated carbocycles. The monoisotopic (exact) mass is 260 g/mol. The Morgan fingerprint density at radius 1 is 1.32 bits per heavy atom. The molecule has 0 amide bonds. The Hall–Kier alpha value is -1.61. The van der Waals surface area contributed by atoms with Crippen LogP contribution >= 0.6 is 0 Å². The van der Waals surface area contributed by atoms with Crippen molar-refractivity contribution in [1.29, 1.82) is 0 Å². The van der Waals surface area contributed by atoms with Crippen molar-refractivity contribution >= 4 is 5.97 Å². The van der Waals surface area contributed by atoms with Crippen LogP contribution in [-0.4, -0.2) is 17.2 Å². The normalized spacial score (nSPS) is 26.5. The lowest BCUT2D eigenvalue weighted by Crippen LogP contribution is -2.14. The number of benzene rings is 1. The van der Waals surface area contributed by atoms with Crippen LogP contribution < -0.4 is 0 Å². The van der Waals surface area contributed by atoms with Crippen molar-refractivity contribution in [3.05, 3.63) is 47.5 Å². The molecule has 19 heavy (non-hydrogen) atoms. The largest absolute Gasteiger partial charge is 0.460 e. The first-order chi connectivity index (χ1) is 9.16. The third kappa shape index (κ3) is 3.93. The summed E-state index contributed by atoms with van der Waals surface area (Å²) in [6, 6.07) is 7.96. The van der Waals surface area contributed by atoms with Gasteiger partial charge in [-0.1, -0.05) is 30.3 Å². The van der Waals surface area contributed by atoms with Crippen LogP contribution in [-0.2, 0) is 16.0 Å². The number of aryl methyl sites for hydroxylation is 1. The van der Waals surface area contributed by atoms with Gasteiger partial charge in [-0.15, -0.1) is 0 Å². The summed E-state index contributed by atoms with van der Waals surface area (Å²) in [7, 11) is 0. The highest BCUT2D eigenvalue weighted by atomic mass is 16.5. The molecule has 1 aliphatic heterocycles. The Kier molecular flexibility index (Phi) is 4.74. The van der Waals surface area contributed by atoms with Crippen LogP contribution in [0.25, 0.3) is 0 Å². The minimum Gasteiger partial charge on any atom is -0.460 e. The highest BCUT2D eigenvalue weighted by molar-refractivity contribution is 5.82. The molecule has 0 radical (unpaired) electrons. The second kappa shape index (κ2) is 6.53. The summed E-state index contributed by atoms with van der Waals surface area (Å²) >= 11 is 0. The van der Waals surface area contributed by atoms with E-state index in [1.54, 1.807) is 6.08 Å². The van der Waals surface area contributed by atoms with E-state index in [2.05, 4.69) is 6.07 Å². The highest BCUT2D eigenvalue weighted by Gasteiger charge is 2.13. The summed E-state index contributed by atoms with van der Waals surface area (Å²) in [5.41, 5.74) is 2.15.